The molecule has 1 fully saturated rings. The van der Waals surface area contributed by atoms with Crippen LogP contribution in [0.25, 0.3) is 0 Å². The van der Waals surface area contributed by atoms with Crippen LogP contribution in [0.4, 0.5) is 0 Å². The lowest BCUT2D eigenvalue weighted by molar-refractivity contribution is -0.130. The first-order valence-electron chi connectivity index (χ1n) is 6.89. The van der Waals surface area contributed by atoms with Crippen LogP contribution in [0.3, 0.4) is 0 Å². The molecule has 1 heterocycles. The second-order valence-electron chi connectivity index (χ2n) is 5.28. The Morgan fingerprint density at radius 1 is 1.50 bits per heavy atom. The quantitative estimate of drug-likeness (QED) is 0.895. The molecular weight excluding hydrogens is 320 g/mol. The van der Waals surface area contributed by atoms with Crippen molar-refractivity contribution in [3.05, 3.63) is 28.2 Å². The largest absolute Gasteiger partial charge is 0.495 e. The normalized spacial score (nSPS) is 18.9. The number of carbonyl (C=O) groups excluding carboxylic acids is 1. The van der Waals surface area contributed by atoms with E-state index in [1.807, 2.05) is 23.1 Å². The molecule has 5 heteroatoms. The molecule has 0 bridgehead atoms. The third kappa shape index (κ3) is 3.15. The molecule has 1 N–H and O–H groups in total. The summed E-state index contributed by atoms with van der Waals surface area (Å²) in [5.41, 5.74) is 1.05. The van der Waals surface area contributed by atoms with Crippen LogP contribution in [0, 0.1) is 0 Å². The van der Waals surface area contributed by atoms with E-state index in [4.69, 9.17) is 4.74 Å². The molecule has 0 spiro atoms. The Labute approximate surface area is 128 Å². The number of likely N-dealkylation sites (tertiary alicyclic amines) is 1. The number of benzene rings is 1. The van der Waals surface area contributed by atoms with Crippen molar-refractivity contribution in [1.29, 1.82) is 0 Å². The van der Waals surface area contributed by atoms with Crippen LogP contribution in [0.2, 0.25) is 0 Å². The molecule has 1 aliphatic heterocycles. The predicted octanol–water partition coefficient (Wildman–Crippen LogP) is 2.56. The van der Waals surface area contributed by atoms with E-state index in [1.54, 1.807) is 7.11 Å². The minimum atomic E-state index is -0.0823. The van der Waals surface area contributed by atoms with Gasteiger partial charge in [-0.25, -0.2) is 0 Å². The molecule has 4 nitrogen and oxygen atoms in total. The van der Waals surface area contributed by atoms with E-state index in [0.717, 1.165) is 28.8 Å². The van der Waals surface area contributed by atoms with E-state index in [0.29, 0.717) is 6.54 Å². The lowest BCUT2D eigenvalue weighted by Gasteiger charge is -2.21. The summed E-state index contributed by atoms with van der Waals surface area (Å²) in [6.45, 7) is 5.57. The molecule has 0 radical (unpaired) electrons. The smallest absolute Gasteiger partial charge is 0.240 e. The molecule has 0 aliphatic carbocycles. The third-order valence-corrected chi connectivity index (χ3v) is 4.28. The highest BCUT2D eigenvalue weighted by Gasteiger charge is 2.32. The summed E-state index contributed by atoms with van der Waals surface area (Å²) in [7, 11) is 1.66. The number of carbonyl (C=O) groups is 1. The third-order valence-electron chi connectivity index (χ3n) is 3.65. The lowest BCUT2D eigenvalue weighted by Crippen LogP contribution is -2.40. The fraction of sp³-hybridized carbons (Fsp3) is 0.533. The van der Waals surface area contributed by atoms with Gasteiger partial charge in [0, 0.05) is 24.7 Å². The highest BCUT2D eigenvalue weighted by molar-refractivity contribution is 9.10. The van der Waals surface area contributed by atoms with Gasteiger partial charge in [0.25, 0.3) is 0 Å². The Kier molecular flexibility index (Phi) is 5.05. The van der Waals surface area contributed by atoms with E-state index in [9.17, 15) is 4.79 Å². The number of rotatable bonds is 5. The Morgan fingerprint density at radius 2 is 2.25 bits per heavy atom. The van der Waals surface area contributed by atoms with Crippen LogP contribution in [0.1, 0.15) is 25.8 Å². The first kappa shape index (κ1) is 15.3. The molecule has 1 unspecified atom stereocenters. The zero-order valence-corrected chi connectivity index (χ0v) is 13.7. The van der Waals surface area contributed by atoms with Crippen molar-refractivity contribution < 1.29 is 9.53 Å². The summed E-state index contributed by atoms with van der Waals surface area (Å²) in [5.74, 6) is 1.03. The first-order chi connectivity index (χ1) is 9.54. The monoisotopic (exact) mass is 340 g/mol. The Morgan fingerprint density at radius 3 is 2.85 bits per heavy atom. The average molecular weight is 341 g/mol. The van der Waals surface area contributed by atoms with Gasteiger partial charge in [-0.15, -0.1) is 0 Å². The molecule has 20 heavy (non-hydrogen) atoms. The Bertz CT molecular complexity index is 491. The summed E-state index contributed by atoms with van der Waals surface area (Å²) >= 11 is 3.47. The van der Waals surface area contributed by atoms with Crippen molar-refractivity contribution >= 4 is 21.8 Å². The summed E-state index contributed by atoms with van der Waals surface area (Å²) in [4.78, 5) is 14.1. The molecule has 1 saturated heterocycles. The van der Waals surface area contributed by atoms with E-state index >= 15 is 0 Å². The number of methoxy groups -OCH3 is 1. The van der Waals surface area contributed by atoms with Gasteiger partial charge < -0.3 is 15.0 Å². The summed E-state index contributed by atoms with van der Waals surface area (Å²) in [6.07, 6.45) is 0.868. The average Bonchev–Trinajstić information content (AvgIpc) is 2.78. The van der Waals surface area contributed by atoms with Gasteiger partial charge in [0.2, 0.25) is 5.91 Å². The van der Waals surface area contributed by atoms with Gasteiger partial charge >= 0.3 is 0 Å². The van der Waals surface area contributed by atoms with Gasteiger partial charge in [-0.2, -0.15) is 0 Å². The van der Waals surface area contributed by atoms with Crippen molar-refractivity contribution in [3.8, 4) is 5.75 Å². The fourth-order valence-electron chi connectivity index (χ4n) is 2.56. The van der Waals surface area contributed by atoms with Crippen LogP contribution in [0.15, 0.2) is 22.7 Å². The van der Waals surface area contributed by atoms with E-state index in [-0.39, 0.29) is 18.0 Å². The maximum absolute atomic E-state index is 12.2. The van der Waals surface area contributed by atoms with Gasteiger partial charge in [-0.3, -0.25) is 4.79 Å². The van der Waals surface area contributed by atoms with Crippen LogP contribution in [0.5, 0.6) is 5.75 Å². The minimum absolute atomic E-state index is 0.0823. The number of hydrogen-bond acceptors (Lipinski definition) is 3. The number of ether oxygens (including phenoxy) is 1. The summed E-state index contributed by atoms with van der Waals surface area (Å²) < 4.78 is 6.33. The van der Waals surface area contributed by atoms with Crippen molar-refractivity contribution in [2.24, 2.45) is 0 Å². The van der Waals surface area contributed by atoms with Crippen molar-refractivity contribution in [2.75, 3.05) is 13.7 Å². The van der Waals surface area contributed by atoms with Crippen LogP contribution >= 0.6 is 15.9 Å². The standard InChI is InChI=1S/C15H21BrN2O2/c1-10(2)18-8-7-13(15(18)19)17-9-11-5-4-6-12(16)14(11)20-3/h4-6,10,13,17H,7-9H2,1-3H3. The second-order valence-corrected chi connectivity index (χ2v) is 6.13. The number of nitrogens with zero attached hydrogens (tertiary/aromatic N) is 1. The number of para-hydroxylation sites is 1. The van der Waals surface area contributed by atoms with Crippen LogP contribution < -0.4 is 10.1 Å². The van der Waals surface area contributed by atoms with Gasteiger partial charge in [0.05, 0.1) is 17.6 Å². The SMILES string of the molecule is COc1c(Br)cccc1CNC1CCN(C(C)C)C1=O. The Balaban J connectivity index is 2.00. The van der Waals surface area contributed by atoms with Gasteiger partial charge in [-0.05, 0) is 42.3 Å². The number of hydrogen-bond donors (Lipinski definition) is 1. The number of amides is 1. The molecular formula is C15H21BrN2O2. The number of nitrogens with one attached hydrogen (secondary N) is 1. The van der Waals surface area contributed by atoms with Crippen molar-refractivity contribution in [1.82, 2.24) is 10.2 Å². The second kappa shape index (κ2) is 6.59. The highest BCUT2D eigenvalue weighted by Crippen LogP contribution is 2.28. The zero-order chi connectivity index (χ0) is 14.7. The highest BCUT2D eigenvalue weighted by atomic mass is 79.9. The van der Waals surface area contributed by atoms with Gasteiger partial charge in [0.1, 0.15) is 5.75 Å². The minimum Gasteiger partial charge on any atom is -0.495 e. The van der Waals surface area contributed by atoms with Gasteiger partial charge in [0.15, 0.2) is 0 Å². The molecule has 1 aromatic carbocycles. The van der Waals surface area contributed by atoms with Crippen molar-refractivity contribution in [3.63, 3.8) is 0 Å². The lowest BCUT2D eigenvalue weighted by atomic mass is 10.1. The molecule has 2 rings (SSSR count). The Hall–Kier alpha value is -1.07. The predicted molar refractivity (Wildman–Crippen MR) is 82.8 cm³/mol. The topological polar surface area (TPSA) is 41.6 Å². The van der Waals surface area contributed by atoms with E-state index in [2.05, 4.69) is 35.1 Å². The molecule has 1 aromatic rings. The maximum Gasteiger partial charge on any atom is 0.240 e. The molecule has 1 aliphatic rings. The van der Waals surface area contributed by atoms with Crippen LogP contribution in [-0.4, -0.2) is 36.5 Å². The molecule has 1 amide bonds. The van der Waals surface area contributed by atoms with Gasteiger partial charge in [-0.1, -0.05) is 12.1 Å². The van der Waals surface area contributed by atoms with Crippen molar-refractivity contribution in [2.45, 2.75) is 38.9 Å². The molecule has 1 atom stereocenters. The van der Waals surface area contributed by atoms with E-state index in [1.165, 1.54) is 0 Å². The maximum atomic E-state index is 12.2. The summed E-state index contributed by atoms with van der Waals surface area (Å²) in [6, 6.07) is 6.12. The fourth-order valence-corrected chi connectivity index (χ4v) is 3.13. The van der Waals surface area contributed by atoms with Crippen LogP contribution in [-0.2, 0) is 11.3 Å². The zero-order valence-electron chi connectivity index (χ0n) is 12.1. The first-order valence-corrected chi connectivity index (χ1v) is 7.69. The molecule has 0 saturated carbocycles. The summed E-state index contributed by atoms with van der Waals surface area (Å²) in [5, 5.41) is 3.34. The number of halogens is 1. The molecule has 0 aromatic heterocycles. The van der Waals surface area contributed by atoms with E-state index < -0.39 is 0 Å². The molecule has 110 valence electrons.